The maximum absolute atomic E-state index is 11.2. The molecule has 3 aromatic rings. The molecule has 0 saturated carbocycles. The van der Waals surface area contributed by atoms with Gasteiger partial charge in [0.15, 0.2) is 5.82 Å². The smallest absolute Gasteiger partial charge is 0.339 e. The first-order valence-corrected chi connectivity index (χ1v) is 8.57. The number of aromatic nitrogens is 2. The number of carboxylic acids is 1. The number of nitrogens with zero attached hydrogens (tertiary/aromatic N) is 2. The van der Waals surface area contributed by atoms with Crippen LogP contribution in [0.1, 0.15) is 21.5 Å². The number of benzene rings is 2. The highest BCUT2D eigenvalue weighted by Gasteiger charge is 2.15. The number of aryl methyl sites for hydroxylation is 1. The lowest BCUT2D eigenvalue weighted by Crippen LogP contribution is -2.03. The Labute approximate surface area is 166 Å². The van der Waals surface area contributed by atoms with Gasteiger partial charge in [0.2, 0.25) is 0 Å². The van der Waals surface area contributed by atoms with Crippen LogP contribution in [0.4, 0.5) is 17.2 Å². The van der Waals surface area contributed by atoms with Crippen molar-refractivity contribution in [3.05, 3.63) is 58.2 Å². The number of nitrogens with one attached hydrogen (secondary N) is 2. The molecule has 1 aromatic heterocycles. The minimum atomic E-state index is -1.07. The van der Waals surface area contributed by atoms with Crippen LogP contribution in [0.3, 0.4) is 0 Å². The molecule has 0 bridgehead atoms. The third-order valence-electron chi connectivity index (χ3n) is 4.19. The normalized spacial score (nSPS) is 10.5. The Balaban J connectivity index is 1.97. The molecule has 0 fully saturated rings. The molecule has 0 aliphatic heterocycles. The van der Waals surface area contributed by atoms with Gasteiger partial charge >= 0.3 is 5.97 Å². The molecular weight excluding hydrogens is 382 g/mol. The van der Waals surface area contributed by atoms with Crippen LogP contribution in [-0.4, -0.2) is 34.2 Å². The largest absolute Gasteiger partial charge is 0.496 e. The van der Waals surface area contributed by atoms with Crippen LogP contribution < -0.4 is 15.8 Å². The topological polar surface area (TPSA) is 126 Å². The fourth-order valence-electron chi connectivity index (χ4n) is 2.69. The van der Waals surface area contributed by atoms with Gasteiger partial charge in [0, 0.05) is 35.3 Å². The van der Waals surface area contributed by atoms with E-state index in [9.17, 15) is 9.90 Å². The number of rotatable bonds is 6. The number of carboxylic acid groups (broad SMARTS) is 1. The number of methoxy groups -OCH3 is 1. The predicted molar refractivity (Wildman–Crippen MR) is 109 cm³/mol. The molecule has 0 unspecified atom stereocenters. The Morgan fingerprint density at radius 1 is 1.39 bits per heavy atom. The maximum atomic E-state index is 11.2. The van der Waals surface area contributed by atoms with E-state index in [0.717, 1.165) is 11.8 Å². The molecular formula is C19H18ClN5O3. The van der Waals surface area contributed by atoms with Gasteiger partial charge in [-0.05, 0) is 31.2 Å². The van der Waals surface area contributed by atoms with Crippen molar-refractivity contribution in [1.82, 2.24) is 9.78 Å². The van der Waals surface area contributed by atoms with Crippen LogP contribution in [0.2, 0.25) is 5.02 Å². The summed E-state index contributed by atoms with van der Waals surface area (Å²) in [5.74, 6) is -0.267. The lowest BCUT2D eigenvalue weighted by molar-refractivity contribution is 0.0693. The van der Waals surface area contributed by atoms with E-state index in [2.05, 4.69) is 10.4 Å². The van der Waals surface area contributed by atoms with Gasteiger partial charge in [0.1, 0.15) is 11.3 Å². The average Bonchev–Trinajstić information content (AvgIpc) is 3.04. The Morgan fingerprint density at radius 3 is 2.79 bits per heavy atom. The molecule has 0 radical (unpaired) electrons. The fourth-order valence-corrected chi connectivity index (χ4v) is 2.97. The van der Waals surface area contributed by atoms with Crippen molar-refractivity contribution in [3.63, 3.8) is 0 Å². The Bertz CT molecular complexity index is 1080. The van der Waals surface area contributed by atoms with E-state index < -0.39 is 5.97 Å². The quantitative estimate of drug-likeness (QED) is 0.368. The van der Waals surface area contributed by atoms with Gasteiger partial charge in [-0.3, -0.25) is 0 Å². The van der Waals surface area contributed by atoms with E-state index in [4.69, 9.17) is 27.5 Å². The van der Waals surface area contributed by atoms with Crippen molar-refractivity contribution in [1.29, 1.82) is 5.41 Å². The van der Waals surface area contributed by atoms with Crippen LogP contribution in [0.5, 0.6) is 5.75 Å². The summed E-state index contributed by atoms with van der Waals surface area (Å²) in [4.78, 5) is 11.2. The molecule has 28 heavy (non-hydrogen) atoms. The molecule has 9 heteroatoms. The fraction of sp³-hybridized carbons (Fsp3) is 0.105. The second-order valence-corrected chi connectivity index (χ2v) is 6.37. The first-order valence-electron chi connectivity index (χ1n) is 8.19. The van der Waals surface area contributed by atoms with Crippen molar-refractivity contribution in [2.24, 2.45) is 0 Å². The number of anilines is 3. The van der Waals surface area contributed by atoms with E-state index in [1.54, 1.807) is 35.1 Å². The summed E-state index contributed by atoms with van der Waals surface area (Å²) in [5.41, 5.74) is 8.79. The van der Waals surface area contributed by atoms with Crippen molar-refractivity contribution in [3.8, 4) is 11.4 Å². The number of halogens is 1. The summed E-state index contributed by atoms with van der Waals surface area (Å²) in [7, 11) is 1.41. The molecule has 0 saturated heterocycles. The van der Waals surface area contributed by atoms with Gasteiger partial charge in [-0.15, -0.1) is 5.10 Å². The summed E-state index contributed by atoms with van der Waals surface area (Å²) in [6.07, 6.45) is 2.89. The van der Waals surface area contributed by atoms with Crippen LogP contribution in [0.25, 0.3) is 5.69 Å². The molecule has 0 amide bonds. The van der Waals surface area contributed by atoms with Gasteiger partial charge < -0.3 is 26.3 Å². The highest BCUT2D eigenvalue weighted by Crippen LogP contribution is 2.32. The molecule has 8 nitrogen and oxygen atoms in total. The molecule has 0 aliphatic rings. The molecule has 0 atom stereocenters. The molecule has 3 rings (SSSR count). The lowest BCUT2D eigenvalue weighted by Gasteiger charge is -2.11. The zero-order valence-electron chi connectivity index (χ0n) is 15.2. The Morgan fingerprint density at radius 2 is 2.14 bits per heavy atom. The molecule has 1 heterocycles. The third-order valence-corrected chi connectivity index (χ3v) is 4.60. The zero-order chi connectivity index (χ0) is 20.4. The monoisotopic (exact) mass is 399 g/mol. The van der Waals surface area contributed by atoms with Crippen molar-refractivity contribution >= 4 is 41.0 Å². The number of nitrogen functional groups attached to an aromatic ring is 1. The lowest BCUT2D eigenvalue weighted by atomic mass is 10.1. The van der Waals surface area contributed by atoms with Crippen LogP contribution in [0.15, 0.2) is 36.5 Å². The number of carbonyl (C=O) groups is 1. The predicted octanol–water partition coefficient (Wildman–Crippen LogP) is 3.86. The molecule has 0 spiro atoms. The van der Waals surface area contributed by atoms with Gasteiger partial charge in [-0.25, -0.2) is 9.48 Å². The SMILES string of the molecule is COc1cc(-n2cc(C)c(Nc3ccc(N)c(C=N)c3Cl)n2)ccc1C(=O)O. The summed E-state index contributed by atoms with van der Waals surface area (Å²) in [5, 5.41) is 24.6. The highest BCUT2D eigenvalue weighted by atomic mass is 35.5. The third kappa shape index (κ3) is 3.49. The molecule has 0 aliphatic carbocycles. The Hall–Kier alpha value is -3.52. The second-order valence-electron chi connectivity index (χ2n) is 5.99. The summed E-state index contributed by atoms with van der Waals surface area (Å²) in [6, 6.07) is 8.09. The van der Waals surface area contributed by atoms with Crippen molar-refractivity contribution in [2.45, 2.75) is 6.92 Å². The standard InChI is InChI=1S/C19H18ClN5O3/c1-10-9-25(11-3-4-12(19(26)27)16(7-11)28-2)24-18(10)23-15-6-5-14(22)13(8-21)17(15)20/h3-9,21H,22H2,1-2H3,(H,23,24)(H,26,27). The first kappa shape index (κ1) is 19.2. The Kier molecular flexibility index (Phi) is 5.23. The first-order chi connectivity index (χ1) is 13.3. The summed E-state index contributed by atoms with van der Waals surface area (Å²) < 4.78 is 6.77. The average molecular weight is 400 g/mol. The van der Waals surface area contributed by atoms with Gasteiger partial charge in [-0.1, -0.05) is 11.6 Å². The van der Waals surface area contributed by atoms with Crippen molar-refractivity contribution in [2.75, 3.05) is 18.2 Å². The number of hydrogen-bond donors (Lipinski definition) is 4. The van der Waals surface area contributed by atoms with E-state index in [1.165, 1.54) is 13.2 Å². The van der Waals surface area contributed by atoms with E-state index in [1.807, 2.05) is 6.92 Å². The van der Waals surface area contributed by atoms with E-state index in [-0.39, 0.29) is 11.3 Å². The minimum absolute atomic E-state index is 0.0707. The van der Waals surface area contributed by atoms with Gasteiger partial charge in [0.25, 0.3) is 0 Å². The van der Waals surface area contributed by atoms with E-state index >= 15 is 0 Å². The minimum Gasteiger partial charge on any atom is -0.496 e. The second kappa shape index (κ2) is 7.61. The van der Waals surface area contributed by atoms with Crippen LogP contribution in [-0.2, 0) is 0 Å². The summed E-state index contributed by atoms with van der Waals surface area (Å²) in [6.45, 7) is 1.87. The number of hydrogen-bond acceptors (Lipinski definition) is 6. The van der Waals surface area contributed by atoms with Gasteiger partial charge in [-0.2, -0.15) is 0 Å². The molecule has 2 aromatic carbocycles. The number of ether oxygens (including phenoxy) is 1. The van der Waals surface area contributed by atoms with Crippen LogP contribution in [0, 0.1) is 12.3 Å². The molecule has 144 valence electrons. The van der Waals surface area contributed by atoms with Gasteiger partial charge in [0.05, 0.1) is 23.5 Å². The van der Waals surface area contributed by atoms with Crippen LogP contribution >= 0.6 is 11.6 Å². The maximum Gasteiger partial charge on any atom is 0.339 e. The summed E-state index contributed by atoms with van der Waals surface area (Å²) >= 11 is 6.33. The number of nitrogens with two attached hydrogens (primary N) is 1. The van der Waals surface area contributed by atoms with Crippen molar-refractivity contribution < 1.29 is 14.6 Å². The highest BCUT2D eigenvalue weighted by molar-refractivity contribution is 6.36. The van der Waals surface area contributed by atoms with E-state index in [0.29, 0.717) is 33.5 Å². The zero-order valence-corrected chi connectivity index (χ0v) is 15.9. The number of aromatic carboxylic acids is 1. The molecule has 5 N–H and O–H groups in total.